The van der Waals surface area contributed by atoms with Gasteiger partial charge in [0.15, 0.2) is 0 Å². The molecule has 0 radical (unpaired) electrons. The summed E-state index contributed by atoms with van der Waals surface area (Å²) in [5.74, 6) is -3.03. The number of amides is 1. The number of hydrogen-bond donors (Lipinski definition) is 1. The minimum absolute atomic E-state index is 0.0123. The predicted octanol–water partition coefficient (Wildman–Crippen LogP) is 3.09. The van der Waals surface area contributed by atoms with Crippen molar-refractivity contribution in [3.05, 3.63) is 101 Å². The Bertz CT molecular complexity index is 1420. The normalized spacial score (nSPS) is 17.8. The Hall–Kier alpha value is -3.89. The lowest BCUT2D eigenvalue weighted by atomic mass is 9.95. The van der Waals surface area contributed by atoms with Crippen LogP contribution >= 0.6 is 0 Å². The standard InChI is InChI=1S/C25H22FN3O5S/c1-28(2)35(33,34)18-11-9-17(10-12-18)23(30)21-22(19-7-3-4-8-20(19)26)29(25(32)24(21)31)15-16-6-5-13-27-14-16/h3-14,22,30H,15H2,1-2H3/b23-21+/t22-/m1/s1. The van der Waals surface area contributed by atoms with Gasteiger partial charge in [0.2, 0.25) is 10.0 Å². The van der Waals surface area contributed by atoms with Crippen LogP contribution in [0, 0.1) is 5.82 Å². The summed E-state index contributed by atoms with van der Waals surface area (Å²) < 4.78 is 40.6. The summed E-state index contributed by atoms with van der Waals surface area (Å²) in [5, 5.41) is 11.1. The van der Waals surface area contributed by atoms with E-state index < -0.39 is 39.3 Å². The molecule has 2 heterocycles. The Kier molecular flexibility index (Phi) is 6.51. The van der Waals surface area contributed by atoms with Gasteiger partial charge < -0.3 is 10.0 Å². The highest BCUT2D eigenvalue weighted by atomic mass is 32.2. The summed E-state index contributed by atoms with van der Waals surface area (Å²) in [7, 11) is -0.929. The van der Waals surface area contributed by atoms with Crippen LogP contribution < -0.4 is 0 Å². The number of aromatic nitrogens is 1. The largest absolute Gasteiger partial charge is 0.507 e. The summed E-state index contributed by atoms with van der Waals surface area (Å²) in [6.45, 7) is -0.0335. The highest BCUT2D eigenvalue weighted by Crippen LogP contribution is 2.41. The van der Waals surface area contributed by atoms with E-state index in [-0.39, 0.29) is 28.1 Å². The second kappa shape index (κ2) is 9.40. The molecule has 0 aliphatic carbocycles. The number of pyridine rings is 1. The summed E-state index contributed by atoms with van der Waals surface area (Å²) in [6.07, 6.45) is 3.09. The molecule has 8 nitrogen and oxygen atoms in total. The smallest absolute Gasteiger partial charge is 0.295 e. The van der Waals surface area contributed by atoms with Gasteiger partial charge in [-0.1, -0.05) is 24.3 Å². The molecule has 4 rings (SSSR count). The molecule has 35 heavy (non-hydrogen) atoms. The molecule has 180 valence electrons. The third-order valence-electron chi connectivity index (χ3n) is 5.72. The van der Waals surface area contributed by atoms with Crippen molar-refractivity contribution in [1.29, 1.82) is 0 Å². The van der Waals surface area contributed by atoms with Gasteiger partial charge in [0.05, 0.1) is 16.5 Å². The zero-order valence-electron chi connectivity index (χ0n) is 18.9. The molecule has 10 heteroatoms. The van der Waals surface area contributed by atoms with Gasteiger partial charge in [0.25, 0.3) is 11.7 Å². The first kappa shape index (κ1) is 24.2. The number of hydrogen-bond acceptors (Lipinski definition) is 6. The molecule has 1 saturated heterocycles. The minimum Gasteiger partial charge on any atom is -0.507 e. The number of carbonyl (C=O) groups excluding carboxylic acids is 2. The van der Waals surface area contributed by atoms with Crippen molar-refractivity contribution in [2.75, 3.05) is 14.1 Å². The quantitative estimate of drug-likeness (QED) is 0.320. The van der Waals surface area contributed by atoms with E-state index in [4.69, 9.17) is 0 Å². The van der Waals surface area contributed by atoms with Crippen molar-refractivity contribution in [3.63, 3.8) is 0 Å². The molecule has 0 unspecified atom stereocenters. The van der Waals surface area contributed by atoms with E-state index in [9.17, 15) is 27.5 Å². The molecule has 0 saturated carbocycles. The molecule has 0 spiro atoms. The number of carbonyl (C=O) groups is 2. The molecule has 1 aliphatic heterocycles. The first-order chi connectivity index (χ1) is 16.6. The van der Waals surface area contributed by atoms with Crippen molar-refractivity contribution < 1.29 is 27.5 Å². The molecule has 3 aromatic rings. The fourth-order valence-corrected chi connectivity index (χ4v) is 4.80. The molecule has 0 bridgehead atoms. The average molecular weight is 496 g/mol. The summed E-state index contributed by atoms with van der Waals surface area (Å²) in [5.41, 5.74) is 0.494. The number of rotatable bonds is 6. The van der Waals surface area contributed by atoms with Crippen molar-refractivity contribution >= 4 is 27.5 Å². The lowest BCUT2D eigenvalue weighted by molar-refractivity contribution is -0.140. The van der Waals surface area contributed by atoms with Crippen LogP contribution in [0.5, 0.6) is 0 Å². The van der Waals surface area contributed by atoms with E-state index >= 15 is 0 Å². The van der Waals surface area contributed by atoms with Crippen LogP contribution in [-0.2, 0) is 26.2 Å². The third-order valence-corrected chi connectivity index (χ3v) is 7.55. The first-order valence-electron chi connectivity index (χ1n) is 10.6. The van der Waals surface area contributed by atoms with Crippen LogP contribution in [0.1, 0.15) is 22.7 Å². The average Bonchev–Trinajstić information content (AvgIpc) is 3.09. The van der Waals surface area contributed by atoms with Crippen molar-refractivity contribution in [2.45, 2.75) is 17.5 Å². The fraction of sp³-hybridized carbons (Fsp3) is 0.160. The van der Waals surface area contributed by atoms with Gasteiger partial charge in [-0.05, 0) is 42.0 Å². The topological polar surface area (TPSA) is 108 Å². The van der Waals surface area contributed by atoms with E-state index in [0.717, 1.165) is 4.31 Å². The number of sulfonamides is 1. The third kappa shape index (κ3) is 4.45. The zero-order chi connectivity index (χ0) is 25.3. The molecular formula is C25H22FN3O5S. The molecule has 1 amide bonds. The van der Waals surface area contributed by atoms with E-state index in [1.54, 1.807) is 24.4 Å². The molecule has 1 aromatic heterocycles. The monoisotopic (exact) mass is 495 g/mol. The molecule has 1 fully saturated rings. The van der Waals surface area contributed by atoms with Gasteiger partial charge in [0, 0.05) is 44.2 Å². The van der Waals surface area contributed by atoms with Crippen LogP contribution in [-0.4, -0.2) is 53.5 Å². The second-order valence-electron chi connectivity index (χ2n) is 8.12. The van der Waals surface area contributed by atoms with E-state index in [1.165, 1.54) is 67.7 Å². The summed E-state index contributed by atoms with van der Waals surface area (Å²) >= 11 is 0. The first-order valence-corrected chi connectivity index (χ1v) is 12.0. The molecule has 2 aromatic carbocycles. The predicted molar refractivity (Wildman–Crippen MR) is 126 cm³/mol. The van der Waals surface area contributed by atoms with Crippen LogP contribution in [0.4, 0.5) is 4.39 Å². The number of aliphatic hydroxyl groups excluding tert-OH is 1. The molecule has 1 atom stereocenters. The molecule has 1 N–H and O–H groups in total. The lowest BCUT2D eigenvalue weighted by Gasteiger charge is -2.25. The Morgan fingerprint density at radius 2 is 1.74 bits per heavy atom. The summed E-state index contributed by atoms with van der Waals surface area (Å²) in [4.78, 5) is 31.3. The van der Waals surface area contributed by atoms with Gasteiger partial charge >= 0.3 is 0 Å². The van der Waals surface area contributed by atoms with Crippen LogP contribution in [0.15, 0.2) is 83.5 Å². The van der Waals surface area contributed by atoms with Gasteiger partial charge in [0.1, 0.15) is 11.6 Å². The van der Waals surface area contributed by atoms with Crippen molar-refractivity contribution in [3.8, 4) is 0 Å². The SMILES string of the molecule is CN(C)S(=O)(=O)c1ccc(/C(O)=C2\C(=O)C(=O)N(Cc3cccnc3)[C@@H]2c2ccccc2F)cc1. The van der Waals surface area contributed by atoms with Gasteiger partial charge in [-0.25, -0.2) is 17.1 Å². The highest BCUT2D eigenvalue weighted by Gasteiger charge is 2.47. The number of likely N-dealkylation sites (tertiary alicyclic amines) is 1. The highest BCUT2D eigenvalue weighted by molar-refractivity contribution is 7.89. The van der Waals surface area contributed by atoms with Crippen LogP contribution in [0.2, 0.25) is 0 Å². The Morgan fingerprint density at radius 1 is 1.06 bits per heavy atom. The Labute approximate surface area is 202 Å². The van der Waals surface area contributed by atoms with E-state index in [1.807, 2.05) is 0 Å². The van der Waals surface area contributed by atoms with E-state index in [0.29, 0.717) is 5.56 Å². The number of nitrogens with zero attached hydrogens (tertiary/aromatic N) is 3. The maximum absolute atomic E-state index is 14.9. The maximum atomic E-state index is 14.9. The van der Waals surface area contributed by atoms with Crippen LogP contribution in [0.3, 0.4) is 0 Å². The maximum Gasteiger partial charge on any atom is 0.295 e. The molecular weight excluding hydrogens is 473 g/mol. The number of Topliss-reactive ketones (excluding diaryl/α,β-unsaturated/α-hetero) is 1. The van der Waals surface area contributed by atoms with Crippen molar-refractivity contribution in [2.24, 2.45) is 0 Å². The van der Waals surface area contributed by atoms with Gasteiger partial charge in [-0.15, -0.1) is 0 Å². The van der Waals surface area contributed by atoms with Gasteiger partial charge in [-0.2, -0.15) is 0 Å². The number of benzene rings is 2. The Balaban J connectivity index is 1.84. The van der Waals surface area contributed by atoms with Gasteiger partial charge in [-0.3, -0.25) is 14.6 Å². The fourth-order valence-electron chi connectivity index (χ4n) is 3.90. The second-order valence-corrected chi connectivity index (χ2v) is 10.3. The lowest BCUT2D eigenvalue weighted by Crippen LogP contribution is -2.29. The number of halogens is 1. The number of aliphatic hydroxyl groups is 1. The zero-order valence-corrected chi connectivity index (χ0v) is 19.7. The number of ketones is 1. The Morgan fingerprint density at radius 3 is 2.34 bits per heavy atom. The van der Waals surface area contributed by atoms with Crippen molar-refractivity contribution in [1.82, 2.24) is 14.2 Å². The van der Waals surface area contributed by atoms with Crippen LogP contribution in [0.25, 0.3) is 5.76 Å². The summed E-state index contributed by atoms with van der Waals surface area (Å²) in [6, 6.07) is 13.1. The van der Waals surface area contributed by atoms with E-state index in [2.05, 4.69) is 4.98 Å². The molecule has 1 aliphatic rings. The minimum atomic E-state index is -3.71.